The van der Waals surface area contributed by atoms with Crippen molar-refractivity contribution in [3.63, 3.8) is 0 Å². The number of rotatable bonds is 6. The highest BCUT2D eigenvalue weighted by Gasteiger charge is 2.21. The maximum Gasteiger partial charge on any atom is 0.271 e. The molecule has 32 heavy (non-hydrogen) atoms. The molecular formula is C24H21N5O2S. The summed E-state index contributed by atoms with van der Waals surface area (Å²) in [6.45, 7) is 1.12. The summed E-state index contributed by atoms with van der Waals surface area (Å²) in [5, 5.41) is 9.81. The van der Waals surface area contributed by atoms with Crippen LogP contribution in [0.3, 0.4) is 0 Å². The van der Waals surface area contributed by atoms with Gasteiger partial charge in [-0.25, -0.2) is 9.67 Å². The van der Waals surface area contributed by atoms with Crippen molar-refractivity contribution in [3.8, 4) is 16.3 Å². The van der Waals surface area contributed by atoms with Gasteiger partial charge in [-0.2, -0.15) is 5.10 Å². The molecule has 2 amide bonds. The fraction of sp³-hybridized carbons (Fsp3) is 0.167. The molecule has 1 saturated heterocycles. The number of benzene rings is 2. The molecule has 0 atom stereocenters. The van der Waals surface area contributed by atoms with E-state index >= 15 is 0 Å². The first kappa shape index (κ1) is 20.1. The molecule has 1 fully saturated rings. The molecule has 7 nitrogen and oxygen atoms in total. The van der Waals surface area contributed by atoms with Gasteiger partial charge in [-0.05, 0) is 36.2 Å². The normalized spacial score (nSPS) is 13.5. The van der Waals surface area contributed by atoms with Crippen LogP contribution in [0.5, 0.6) is 0 Å². The summed E-state index contributed by atoms with van der Waals surface area (Å²) >= 11 is 1.41. The van der Waals surface area contributed by atoms with Gasteiger partial charge in [0.1, 0.15) is 10.7 Å². The van der Waals surface area contributed by atoms with Crippen LogP contribution >= 0.6 is 11.3 Å². The average Bonchev–Trinajstić information content (AvgIpc) is 3.58. The van der Waals surface area contributed by atoms with E-state index in [0.717, 1.165) is 40.5 Å². The zero-order valence-corrected chi connectivity index (χ0v) is 18.1. The van der Waals surface area contributed by atoms with Crippen LogP contribution < -0.4 is 10.2 Å². The number of thiazole rings is 1. The van der Waals surface area contributed by atoms with Gasteiger partial charge in [-0.3, -0.25) is 9.59 Å². The van der Waals surface area contributed by atoms with Crippen molar-refractivity contribution in [3.05, 3.63) is 83.6 Å². The molecule has 1 aliphatic heterocycles. The summed E-state index contributed by atoms with van der Waals surface area (Å²) in [6, 6.07) is 17.6. The van der Waals surface area contributed by atoms with E-state index < -0.39 is 0 Å². The Bertz CT molecular complexity index is 1260. The Hall–Kier alpha value is -3.78. The Morgan fingerprint density at radius 1 is 1.09 bits per heavy atom. The number of hydrogen-bond donors (Lipinski definition) is 1. The van der Waals surface area contributed by atoms with Crippen LogP contribution in [-0.2, 0) is 11.3 Å². The highest BCUT2D eigenvalue weighted by atomic mass is 32.1. The number of nitrogens with zero attached hydrogens (tertiary/aromatic N) is 4. The van der Waals surface area contributed by atoms with Gasteiger partial charge < -0.3 is 10.2 Å². The van der Waals surface area contributed by atoms with E-state index in [4.69, 9.17) is 0 Å². The molecular weight excluding hydrogens is 422 g/mol. The van der Waals surface area contributed by atoms with Crippen molar-refractivity contribution >= 4 is 28.8 Å². The second-order valence-electron chi connectivity index (χ2n) is 7.55. The summed E-state index contributed by atoms with van der Waals surface area (Å²) in [4.78, 5) is 30.9. The standard InChI is InChI=1S/C24H21N5O2S/c30-22-10-5-11-28(22)20-9-4-6-17(12-20)13-25-23(31)21-16-32-24(27-21)18-14-26-29(15-18)19-7-2-1-3-8-19/h1-4,6-9,12,14-16H,5,10-11,13H2,(H,25,31). The van der Waals surface area contributed by atoms with E-state index in [2.05, 4.69) is 15.4 Å². The topological polar surface area (TPSA) is 80.1 Å². The van der Waals surface area contributed by atoms with Crippen LogP contribution in [0.15, 0.2) is 72.4 Å². The molecule has 0 radical (unpaired) electrons. The number of carbonyl (C=O) groups excluding carboxylic acids is 2. The third-order valence-electron chi connectivity index (χ3n) is 5.34. The minimum Gasteiger partial charge on any atom is -0.347 e. The number of aromatic nitrogens is 3. The minimum absolute atomic E-state index is 0.150. The Morgan fingerprint density at radius 3 is 2.75 bits per heavy atom. The zero-order valence-electron chi connectivity index (χ0n) is 17.3. The highest BCUT2D eigenvalue weighted by molar-refractivity contribution is 7.13. The molecule has 1 aliphatic rings. The lowest BCUT2D eigenvalue weighted by molar-refractivity contribution is -0.117. The van der Waals surface area contributed by atoms with Gasteiger partial charge in [0, 0.05) is 42.3 Å². The van der Waals surface area contributed by atoms with Crippen LogP contribution in [0.1, 0.15) is 28.9 Å². The number of para-hydroxylation sites is 1. The maximum atomic E-state index is 12.6. The Morgan fingerprint density at radius 2 is 1.94 bits per heavy atom. The van der Waals surface area contributed by atoms with Crippen molar-refractivity contribution in [2.45, 2.75) is 19.4 Å². The Labute approximate surface area is 189 Å². The van der Waals surface area contributed by atoms with Gasteiger partial charge in [0.05, 0.1) is 11.9 Å². The van der Waals surface area contributed by atoms with Crippen molar-refractivity contribution in [1.82, 2.24) is 20.1 Å². The molecule has 0 saturated carbocycles. The first-order valence-electron chi connectivity index (χ1n) is 10.4. The lowest BCUT2D eigenvalue weighted by Crippen LogP contribution is -2.25. The summed E-state index contributed by atoms with van der Waals surface area (Å²) < 4.78 is 1.79. The number of nitrogens with one attached hydrogen (secondary N) is 1. The summed E-state index contributed by atoms with van der Waals surface area (Å²) in [5.74, 6) is -0.0811. The second-order valence-corrected chi connectivity index (χ2v) is 8.41. The third kappa shape index (κ3) is 4.17. The van der Waals surface area contributed by atoms with E-state index in [1.807, 2.05) is 60.8 Å². The number of hydrogen-bond acceptors (Lipinski definition) is 5. The van der Waals surface area contributed by atoms with Gasteiger partial charge in [0.2, 0.25) is 5.91 Å². The van der Waals surface area contributed by atoms with Crippen LogP contribution in [-0.4, -0.2) is 33.1 Å². The predicted molar refractivity (Wildman–Crippen MR) is 124 cm³/mol. The molecule has 1 N–H and O–H groups in total. The van der Waals surface area contributed by atoms with E-state index in [0.29, 0.717) is 18.7 Å². The molecule has 3 heterocycles. The maximum absolute atomic E-state index is 12.6. The third-order valence-corrected chi connectivity index (χ3v) is 6.23. The van der Waals surface area contributed by atoms with Crippen molar-refractivity contribution < 1.29 is 9.59 Å². The van der Waals surface area contributed by atoms with Gasteiger partial charge in [0.15, 0.2) is 0 Å². The quantitative estimate of drug-likeness (QED) is 0.488. The molecule has 0 aliphatic carbocycles. The smallest absolute Gasteiger partial charge is 0.271 e. The fourth-order valence-corrected chi connectivity index (χ4v) is 4.47. The molecule has 4 aromatic rings. The van der Waals surface area contributed by atoms with Crippen LogP contribution in [0.4, 0.5) is 5.69 Å². The molecule has 0 unspecified atom stereocenters. The largest absolute Gasteiger partial charge is 0.347 e. The fourth-order valence-electron chi connectivity index (χ4n) is 3.69. The van der Waals surface area contributed by atoms with Crippen molar-refractivity contribution in [2.24, 2.45) is 0 Å². The first-order valence-corrected chi connectivity index (χ1v) is 11.3. The molecule has 2 aromatic carbocycles. The highest BCUT2D eigenvalue weighted by Crippen LogP contribution is 2.25. The number of carbonyl (C=O) groups is 2. The second kappa shape index (κ2) is 8.76. The monoisotopic (exact) mass is 443 g/mol. The zero-order chi connectivity index (χ0) is 21.9. The summed E-state index contributed by atoms with van der Waals surface area (Å²) in [6.07, 6.45) is 5.13. The van der Waals surface area contributed by atoms with E-state index in [9.17, 15) is 9.59 Å². The van der Waals surface area contributed by atoms with Crippen molar-refractivity contribution in [1.29, 1.82) is 0 Å². The molecule has 0 spiro atoms. The molecule has 2 aromatic heterocycles. The van der Waals surface area contributed by atoms with Gasteiger partial charge in [-0.1, -0.05) is 30.3 Å². The SMILES string of the molecule is O=C(NCc1cccc(N2CCCC2=O)c1)c1csc(-c2cnn(-c3ccccc3)c2)n1. The Balaban J connectivity index is 1.24. The van der Waals surface area contributed by atoms with E-state index in [1.165, 1.54) is 11.3 Å². The summed E-state index contributed by atoms with van der Waals surface area (Å²) in [7, 11) is 0. The first-order chi connectivity index (χ1) is 15.7. The van der Waals surface area contributed by atoms with E-state index in [1.54, 1.807) is 21.2 Å². The predicted octanol–water partition coefficient (Wildman–Crippen LogP) is 4.05. The van der Waals surface area contributed by atoms with Crippen molar-refractivity contribution in [2.75, 3.05) is 11.4 Å². The number of amides is 2. The van der Waals surface area contributed by atoms with Crippen LogP contribution in [0.25, 0.3) is 16.3 Å². The lowest BCUT2D eigenvalue weighted by atomic mass is 10.2. The molecule has 160 valence electrons. The molecule has 0 bridgehead atoms. The van der Waals surface area contributed by atoms with Gasteiger partial charge in [0.25, 0.3) is 5.91 Å². The van der Waals surface area contributed by atoms with E-state index in [-0.39, 0.29) is 11.8 Å². The minimum atomic E-state index is -0.231. The van der Waals surface area contributed by atoms with Gasteiger partial charge >= 0.3 is 0 Å². The van der Waals surface area contributed by atoms with Crippen LogP contribution in [0.2, 0.25) is 0 Å². The molecule has 5 rings (SSSR count). The number of anilines is 1. The summed E-state index contributed by atoms with van der Waals surface area (Å²) in [5.41, 5.74) is 4.02. The lowest BCUT2D eigenvalue weighted by Gasteiger charge is -2.16. The Kier molecular flexibility index (Phi) is 5.51. The van der Waals surface area contributed by atoms with Gasteiger partial charge in [-0.15, -0.1) is 11.3 Å². The molecule has 8 heteroatoms. The average molecular weight is 444 g/mol. The van der Waals surface area contributed by atoms with Crippen LogP contribution in [0, 0.1) is 0 Å².